The number of aryl methyl sites for hydroxylation is 1. The van der Waals surface area contributed by atoms with Gasteiger partial charge >= 0.3 is 0 Å². The number of rotatable bonds is 24. The van der Waals surface area contributed by atoms with Crippen LogP contribution >= 0.6 is 11.6 Å². The minimum atomic E-state index is -1.45. The Morgan fingerprint density at radius 3 is 2.31 bits per heavy atom. The second kappa shape index (κ2) is 23.3. The number of benzene rings is 1. The van der Waals surface area contributed by atoms with Gasteiger partial charge in [0.25, 0.3) is 5.91 Å². The third-order valence-electron chi connectivity index (χ3n) is 9.70. The van der Waals surface area contributed by atoms with Crippen LogP contribution in [-0.4, -0.2) is 117 Å². The molecule has 17 heteroatoms. The highest BCUT2D eigenvalue weighted by atomic mass is 35.5. The second-order valence-electron chi connectivity index (χ2n) is 13.9. The van der Waals surface area contributed by atoms with Crippen LogP contribution in [0.2, 0.25) is 5.15 Å². The van der Waals surface area contributed by atoms with E-state index in [2.05, 4.69) is 39.3 Å². The monoisotopic (exact) mass is 775 g/mol. The molecule has 1 aliphatic rings. The van der Waals surface area contributed by atoms with Gasteiger partial charge in [-0.2, -0.15) is 0 Å². The van der Waals surface area contributed by atoms with Gasteiger partial charge in [-0.1, -0.05) is 62.4 Å². The number of unbranched alkanes of at least 4 members (excludes halogenated alkanes) is 4. The first-order valence-corrected chi connectivity index (χ1v) is 19.4. The number of nitrogens with zero attached hydrogens (tertiary/aromatic N) is 5. The van der Waals surface area contributed by atoms with E-state index in [9.17, 15) is 24.9 Å². The number of fused-ring (bicyclic) bond motifs is 1. The number of halogens is 1. The molecule has 54 heavy (non-hydrogen) atoms. The number of guanidine groups is 1. The van der Waals surface area contributed by atoms with Crippen molar-refractivity contribution < 1.29 is 30.0 Å². The average Bonchev–Trinajstić information content (AvgIpc) is 3.15. The van der Waals surface area contributed by atoms with E-state index >= 15 is 0 Å². The summed E-state index contributed by atoms with van der Waals surface area (Å²) >= 11 is 5.86. The van der Waals surface area contributed by atoms with Crippen molar-refractivity contribution in [1.82, 2.24) is 20.2 Å². The van der Waals surface area contributed by atoms with Crippen molar-refractivity contribution in [1.29, 1.82) is 0 Å². The van der Waals surface area contributed by atoms with Gasteiger partial charge in [-0.15, -0.1) is 6.54 Å². The van der Waals surface area contributed by atoms with Crippen molar-refractivity contribution in [2.24, 2.45) is 16.5 Å². The van der Waals surface area contributed by atoms with Crippen molar-refractivity contribution in [2.75, 3.05) is 50.8 Å². The van der Waals surface area contributed by atoms with Crippen LogP contribution in [0.1, 0.15) is 97.5 Å². The number of carbonyl (C=O) groups excluding carboxylic acids is 2. The Bertz CT molecular complexity index is 1530. The summed E-state index contributed by atoms with van der Waals surface area (Å²) in [7, 11) is 0. The van der Waals surface area contributed by atoms with Gasteiger partial charge in [0.2, 0.25) is 0 Å². The molecule has 2 aromatic rings. The molecule has 1 unspecified atom stereocenters. The molecule has 0 bridgehead atoms. The Balaban J connectivity index is 1.53. The van der Waals surface area contributed by atoms with E-state index in [0.717, 1.165) is 76.2 Å². The van der Waals surface area contributed by atoms with Crippen molar-refractivity contribution in [2.45, 2.75) is 115 Å². The van der Waals surface area contributed by atoms with E-state index in [4.69, 9.17) is 45.0 Å². The number of aliphatic imine (C=N–C) groups is 1. The fourth-order valence-electron chi connectivity index (χ4n) is 6.69. The summed E-state index contributed by atoms with van der Waals surface area (Å²) in [6, 6.07) is 3.57. The molecule has 1 aromatic carbocycles. The Kier molecular flexibility index (Phi) is 19.3. The SMILES string of the molecule is CCCCCCN(CCC[N-]C(Cc1ccc(CCCCN=C(N)NC(=O)c2nc(Cl)c(N)nc2N)c2c1CCCC2)C(N)=O)C[C@H](O)[C@@H](O)[C@H](O)CO. The first-order valence-electron chi connectivity index (χ1n) is 19.0. The molecular weight excluding hydrogens is 716 g/mol. The molecule has 1 heterocycles. The van der Waals surface area contributed by atoms with Gasteiger partial charge in [-0.05, 0) is 93.1 Å². The number of aliphatic hydroxyl groups is 4. The summed E-state index contributed by atoms with van der Waals surface area (Å²) in [5, 5.41) is 46.6. The van der Waals surface area contributed by atoms with Gasteiger partial charge in [0, 0.05) is 13.1 Å². The number of nitrogens with one attached hydrogen (secondary N) is 1. The maximum absolute atomic E-state index is 12.6. The Labute approximate surface area is 323 Å². The summed E-state index contributed by atoms with van der Waals surface area (Å²) in [5.74, 6) is -1.48. The van der Waals surface area contributed by atoms with Crippen LogP contribution in [0.25, 0.3) is 5.32 Å². The number of aromatic nitrogens is 2. The van der Waals surface area contributed by atoms with Gasteiger partial charge in [0.15, 0.2) is 34.3 Å². The number of nitrogen functional groups attached to an aromatic ring is 2. The van der Waals surface area contributed by atoms with Crippen LogP contribution in [0, 0.1) is 0 Å². The van der Waals surface area contributed by atoms with Gasteiger partial charge < -0.3 is 53.6 Å². The topological polar surface area (TPSA) is 287 Å². The predicted molar refractivity (Wildman–Crippen MR) is 211 cm³/mol. The van der Waals surface area contributed by atoms with Gasteiger partial charge in [-0.3, -0.25) is 19.9 Å². The van der Waals surface area contributed by atoms with E-state index in [0.29, 0.717) is 39.0 Å². The lowest BCUT2D eigenvalue weighted by molar-refractivity contribution is -0.118. The number of primary amides is 1. The van der Waals surface area contributed by atoms with E-state index in [1.54, 1.807) is 0 Å². The number of aliphatic hydroxyl groups excluding tert-OH is 4. The number of nitrogens with two attached hydrogens (primary N) is 4. The lowest BCUT2D eigenvalue weighted by Gasteiger charge is -2.33. The molecule has 0 saturated heterocycles. The average molecular weight is 776 g/mol. The maximum atomic E-state index is 12.6. The van der Waals surface area contributed by atoms with Crippen molar-refractivity contribution in [3.8, 4) is 0 Å². The molecule has 13 N–H and O–H groups in total. The van der Waals surface area contributed by atoms with Crippen LogP contribution in [0.15, 0.2) is 17.1 Å². The minimum absolute atomic E-state index is 0.0707. The van der Waals surface area contributed by atoms with Gasteiger partial charge in [-0.25, -0.2) is 9.97 Å². The molecule has 1 aliphatic carbocycles. The lowest BCUT2D eigenvalue weighted by Crippen LogP contribution is -2.46. The molecular formula is C37H60ClN10O6-. The highest BCUT2D eigenvalue weighted by molar-refractivity contribution is 6.31. The molecule has 0 spiro atoms. The third-order valence-corrected chi connectivity index (χ3v) is 9.98. The van der Waals surface area contributed by atoms with Crippen LogP contribution in [-0.2, 0) is 30.5 Å². The van der Waals surface area contributed by atoms with Crippen LogP contribution in [0.5, 0.6) is 0 Å². The smallest absolute Gasteiger partial charge is 0.280 e. The Hall–Kier alpha value is -3.64. The second-order valence-corrected chi connectivity index (χ2v) is 14.3. The molecule has 16 nitrogen and oxygen atoms in total. The maximum Gasteiger partial charge on any atom is 0.280 e. The van der Waals surface area contributed by atoms with Gasteiger partial charge in [0.05, 0.1) is 12.7 Å². The van der Waals surface area contributed by atoms with E-state index in [1.165, 1.54) is 16.7 Å². The quantitative estimate of drug-likeness (QED) is 0.0415. The summed E-state index contributed by atoms with van der Waals surface area (Å²) in [6.07, 6.45) is 7.68. The first-order chi connectivity index (χ1) is 25.9. The fourth-order valence-corrected chi connectivity index (χ4v) is 6.82. The number of carbonyl (C=O) groups is 2. The summed E-state index contributed by atoms with van der Waals surface area (Å²) in [5.41, 5.74) is 27.8. The fraction of sp³-hybridized carbons (Fsp3) is 0.649. The van der Waals surface area contributed by atoms with Crippen LogP contribution in [0.3, 0.4) is 0 Å². The van der Waals surface area contributed by atoms with E-state index < -0.39 is 42.8 Å². The van der Waals surface area contributed by atoms with Crippen molar-refractivity contribution >= 4 is 41.0 Å². The molecule has 0 radical (unpaired) electrons. The number of anilines is 2. The summed E-state index contributed by atoms with van der Waals surface area (Å²) < 4.78 is 0. The van der Waals surface area contributed by atoms with Crippen molar-refractivity contribution in [3.63, 3.8) is 0 Å². The zero-order valence-electron chi connectivity index (χ0n) is 31.4. The number of hydrogen-bond acceptors (Lipinski definition) is 12. The highest BCUT2D eigenvalue weighted by Gasteiger charge is 2.26. The van der Waals surface area contributed by atoms with E-state index in [-0.39, 0.29) is 35.0 Å². The van der Waals surface area contributed by atoms with Crippen LogP contribution < -0.4 is 28.3 Å². The zero-order chi connectivity index (χ0) is 39.6. The summed E-state index contributed by atoms with van der Waals surface area (Å²) in [6.45, 7) is 3.76. The normalized spacial score (nSPS) is 15.4. The lowest BCUT2D eigenvalue weighted by atomic mass is 9.82. The van der Waals surface area contributed by atoms with E-state index in [1.807, 2.05) is 4.90 Å². The van der Waals surface area contributed by atoms with Gasteiger partial charge in [0.1, 0.15) is 12.2 Å². The Morgan fingerprint density at radius 2 is 1.63 bits per heavy atom. The first kappa shape index (κ1) is 44.8. The Morgan fingerprint density at radius 1 is 0.944 bits per heavy atom. The summed E-state index contributed by atoms with van der Waals surface area (Å²) in [4.78, 5) is 39.0. The molecule has 2 amide bonds. The molecule has 302 valence electrons. The minimum Gasteiger partial charge on any atom is -0.651 e. The molecule has 4 atom stereocenters. The molecule has 3 rings (SSSR count). The zero-order valence-corrected chi connectivity index (χ0v) is 32.2. The third kappa shape index (κ3) is 14.2. The standard InChI is InChI=1S/C37H60ClN10O6/c1-2-3-4-9-18-48(21-28(50)31(52)29(51)22-49)19-10-17-43-27(35(41)53)20-24-15-14-23(25-12-5-6-13-26(24)25)11-7-8-16-44-37(42)47-36(54)30-33(39)46-34(40)32(38)45-30/h14-15,27-29,31,49-52H,2-13,16-22H2,1H3,(H2,41,53)(H4,39,40,46)(H3,42,44,47,54)/q-1/t27?,28-,29+,31+/m0/s1. The largest absolute Gasteiger partial charge is 0.651 e. The molecule has 1 aromatic heterocycles. The van der Waals surface area contributed by atoms with Crippen LogP contribution in [0.4, 0.5) is 11.6 Å². The number of amides is 2. The number of hydrogen-bond donors (Lipinski definition) is 9. The molecule has 0 saturated carbocycles. The molecule has 0 aliphatic heterocycles. The molecule has 0 fully saturated rings. The highest BCUT2D eigenvalue weighted by Crippen LogP contribution is 2.30. The van der Waals surface area contributed by atoms with Crippen molar-refractivity contribution in [3.05, 3.63) is 50.6 Å². The predicted octanol–water partition coefficient (Wildman–Crippen LogP) is 1.36.